The minimum atomic E-state index is -3.72. The third-order valence-corrected chi connectivity index (χ3v) is 4.77. The molecule has 0 fully saturated rings. The molecule has 0 unspecified atom stereocenters. The van der Waals surface area contributed by atoms with E-state index in [4.69, 9.17) is 17.3 Å². The fourth-order valence-corrected chi connectivity index (χ4v) is 3.73. The van der Waals surface area contributed by atoms with Crippen molar-refractivity contribution in [1.82, 2.24) is 0 Å². The molecule has 2 rings (SSSR count). The van der Waals surface area contributed by atoms with E-state index in [-0.39, 0.29) is 9.92 Å². The van der Waals surface area contributed by atoms with Crippen molar-refractivity contribution in [2.45, 2.75) is 18.7 Å². The number of anilines is 2. The van der Waals surface area contributed by atoms with Gasteiger partial charge in [-0.3, -0.25) is 4.72 Å². The second kappa shape index (κ2) is 5.34. The topological polar surface area (TPSA) is 72.2 Å². The summed E-state index contributed by atoms with van der Waals surface area (Å²) < 4.78 is 27.3. The lowest BCUT2D eigenvalue weighted by Gasteiger charge is -2.14. The van der Waals surface area contributed by atoms with Gasteiger partial charge < -0.3 is 5.73 Å². The first kappa shape index (κ1) is 14.7. The molecule has 3 N–H and O–H groups in total. The summed E-state index contributed by atoms with van der Waals surface area (Å²) in [5.74, 6) is 0. The number of nitrogens with one attached hydrogen (secondary N) is 1. The number of hydrogen-bond donors (Lipinski definition) is 2. The molecule has 0 radical (unpaired) electrons. The van der Waals surface area contributed by atoms with Gasteiger partial charge in [0.1, 0.15) is 4.90 Å². The molecule has 0 spiro atoms. The van der Waals surface area contributed by atoms with Gasteiger partial charge in [-0.1, -0.05) is 23.7 Å². The zero-order chi connectivity index (χ0) is 14.9. The molecule has 106 valence electrons. The summed E-state index contributed by atoms with van der Waals surface area (Å²) in [7, 11) is -3.72. The number of benzene rings is 2. The molecule has 0 bridgehead atoms. The Morgan fingerprint density at radius 3 is 2.20 bits per heavy atom. The van der Waals surface area contributed by atoms with Gasteiger partial charge in [0.05, 0.1) is 10.7 Å². The average Bonchev–Trinajstić information content (AvgIpc) is 2.34. The van der Waals surface area contributed by atoms with Gasteiger partial charge in [-0.15, -0.1) is 0 Å². The van der Waals surface area contributed by atoms with Gasteiger partial charge in [0.15, 0.2) is 0 Å². The van der Waals surface area contributed by atoms with Crippen LogP contribution in [0.2, 0.25) is 5.02 Å². The Kier molecular flexibility index (Phi) is 3.92. The van der Waals surface area contributed by atoms with E-state index in [1.807, 2.05) is 0 Å². The van der Waals surface area contributed by atoms with Gasteiger partial charge in [-0.25, -0.2) is 8.42 Å². The standard InChI is InChI=1S/C14H15ClN2O2S/c1-9-7-11(16)8-10(2)14(9)17-20(18,19)13-6-4-3-5-12(13)15/h3-8,17H,16H2,1-2H3. The summed E-state index contributed by atoms with van der Waals surface area (Å²) >= 11 is 5.94. The number of sulfonamides is 1. The molecule has 0 atom stereocenters. The van der Waals surface area contributed by atoms with Crippen LogP contribution in [0.5, 0.6) is 0 Å². The number of aryl methyl sites for hydroxylation is 2. The fraction of sp³-hybridized carbons (Fsp3) is 0.143. The fourth-order valence-electron chi connectivity index (χ4n) is 2.01. The number of halogens is 1. The van der Waals surface area contributed by atoms with E-state index < -0.39 is 10.0 Å². The van der Waals surface area contributed by atoms with Gasteiger partial charge in [-0.2, -0.15) is 0 Å². The van der Waals surface area contributed by atoms with Gasteiger partial charge in [0, 0.05) is 5.69 Å². The lowest BCUT2D eigenvalue weighted by atomic mass is 10.1. The third-order valence-electron chi connectivity index (χ3n) is 2.92. The Balaban J connectivity index is 2.47. The van der Waals surface area contributed by atoms with Crippen LogP contribution in [0.4, 0.5) is 11.4 Å². The summed E-state index contributed by atoms with van der Waals surface area (Å²) in [6.07, 6.45) is 0. The molecule has 20 heavy (non-hydrogen) atoms. The zero-order valence-corrected chi connectivity index (χ0v) is 12.7. The molecule has 0 saturated carbocycles. The number of nitrogen functional groups attached to an aromatic ring is 1. The van der Waals surface area contributed by atoms with Gasteiger partial charge >= 0.3 is 0 Å². The maximum atomic E-state index is 12.4. The highest BCUT2D eigenvalue weighted by Crippen LogP contribution is 2.28. The first-order valence-electron chi connectivity index (χ1n) is 5.95. The van der Waals surface area contributed by atoms with E-state index in [1.165, 1.54) is 6.07 Å². The molecule has 0 heterocycles. The molecular weight excluding hydrogens is 296 g/mol. The van der Waals surface area contributed by atoms with Crippen molar-refractivity contribution < 1.29 is 8.42 Å². The molecule has 2 aromatic carbocycles. The number of rotatable bonds is 3. The Bertz CT molecular complexity index is 735. The zero-order valence-electron chi connectivity index (χ0n) is 11.1. The summed E-state index contributed by atoms with van der Waals surface area (Å²) in [5, 5.41) is 0.186. The molecule has 0 amide bonds. The molecule has 6 heteroatoms. The van der Waals surface area contributed by atoms with Crippen molar-refractivity contribution in [3.63, 3.8) is 0 Å². The largest absolute Gasteiger partial charge is 0.399 e. The van der Waals surface area contributed by atoms with E-state index in [9.17, 15) is 8.42 Å². The molecule has 0 aliphatic carbocycles. The molecule has 0 saturated heterocycles. The summed E-state index contributed by atoms with van der Waals surface area (Å²) in [4.78, 5) is 0.0530. The number of hydrogen-bond acceptors (Lipinski definition) is 3. The maximum Gasteiger partial charge on any atom is 0.263 e. The number of nitrogens with two attached hydrogens (primary N) is 1. The van der Waals surface area contributed by atoms with Crippen molar-refractivity contribution in [3.05, 3.63) is 52.5 Å². The van der Waals surface area contributed by atoms with Crippen LogP contribution in [0.1, 0.15) is 11.1 Å². The predicted molar refractivity (Wildman–Crippen MR) is 82.6 cm³/mol. The highest BCUT2D eigenvalue weighted by atomic mass is 35.5. The van der Waals surface area contributed by atoms with Crippen molar-refractivity contribution in [1.29, 1.82) is 0 Å². The summed E-state index contributed by atoms with van der Waals surface area (Å²) in [6, 6.07) is 9.75. The quantitative estimate of drug-likeness (QED) is 0.854. The molecule has 0 aliphatic rings. The molecule has 2 aromatic rings. The van der Waals surface area contributed by atoms with E-state index in [1.54, 1.807) is 44.2 Å². The van der Waals surface area contributed by atoms with Crippen molar-refractivity contribution >= 4 is 33.0 Å². The first-order chi connectivity index (χ1) is 9.31. The normalized spacial score (nSPS) is 11.3. The minimum Gasteiger partial charge on any atom is -0.399 e. The van der Waals surface area contributed by atoms with Crippen LogP contribution < -0.4 is 10.5 Å². The van der Waals surface area contributed by atoms with Crippen molar-refractivity contribution in [3.8, 4) is 0 Å². The van der Waals surface area contributed by atoms with Crippen LogP contribution in [0.25, 0.3) is 0 Å². The lowest BCUT2D eigenvalue weighted by molar-refractivity contribution is 0.601. The van der Waals surface area contributed by atoms with E-state index in [0.29, 0.717) is 11.4 Å². The Labute approximate surface area is 123 Å². The van der Waals surface area contributed by atoms with Crippen LogP contribution in [0.3, 0.4) is 0 Å². The van der Waals surface area contributed by atoms with Gasteiger partial charge in [0.2, 0.25) is 0 Å². The Morgan fingerprint density at radius 1 is 1.10 bits per heavy atom. The summed E-state index contributed by atoms with van der Waals surface area (Å²) in [5.41, 5.74) is 8.38. The third kappa shape index (κ3) is 2.89. The minimum absolute atomic E-state index is 0.0530. The smallest absolute Gasteiger partial charge is 0.263 e. The Morgan fingerprint density at radius 2 is 1.65 bits per heavy atom. The van der Waals surface area contributed by atoms with Crippen molar-refractivity contribution in [2.24, 2.45) is 0 Å². The highest BCUT2D eigenvalue weighted by molar-refractivity contribution is 7.92. The highest BCUT2D eigenvalue weighted by Gasteiger charge is 2.19. The molecule has 0 aliphatic heterocycles. The predicted octanol–water partition coefficient (Wildman–Crippen LogP) is 3.34. The van der Waals surface area contributed by atoms with Gasteiger partial charge in [0.25, 0.3) is 10.0 Å². The second-order valence-electron chi connectivity index (χ2n) is 4.57. The van der Waals surface area contributed by atoms with E-state index >= 15 is 0 Å². The molecule has 0 aromatic heterocycles. The van der Waals surface area contributed by atoms with Gasteiger partial charge in [-0.05, 0) is 49.2 Å². The molecule has 4 nitrogen and oxygen atoms in total. The second-order valence-corrected chi connectivity index (χ2v) is 6.62. The Hall–Kier alpha value is -1.72. The monoisotopic (exact) mass is 310 g/mol. The van der Waals surface area contributed by atoms with Crippen molar-refractivity contribution in [2.75, 3.05) is 10.5 Å². The summed E-state index contributed by atoms with van der Waals surface area (Å²) in [6.45, 7) is 3.60. The maximum absolute atomic E-state index is 12.4. The van der Waals surface area contributed by atoms with Crippen LogP contribution in [0.15, 0.2) is 41.3 Å². The van der Waals surface area contributed by atoms with E-state index in [2.05, 4.69) is 4.72 Å². The van der Waals surface area contributed by atoms with Crippen LogP contribution in [-0.2, 0) is 10.0 Å². The average molecular weight is 311 g/mol. The molecular formula is C14H15ClN2O2S. The van der Waals surface area contributed by atoms with Crippen LogP contribution in [0, 0.1) is 13.8 Å². The SMILES string of the molecule is Cc1cc(N)cc(C)c1NS(=O)(=O)c1ccccc1Cl. The van der Waals surface area contributed by atoms with Crippen LogP contribution in [-0.4, -0.2) is 8.42 Å². The first-order valence-corrected chi connectivity index (χ1v) is 7.81. The van der Waals surface area contributed by atoms with Crippen LogP contribution >= 0.6 is 11.6 Å². The van der Waals surface area contributed by atoms with E-state index in [0.717, 1.165) is 11.1 Å². The lowest BCUT2D eigenvalue weighted by Crippen LogP contribution is -2.15.